The molecule has 0 amide bonds. The maximum absolute atomic E-state index is 11.7. The summed E-state index contributed by atoms with van der Waals surface area (Å²) in [5.74, 6) is 0.778. The first-order valence-corrected chi connectivity index (χ1v) is 9.39. The lowest BCUT2D eigenvalue weighted by atomic mass is 10.1. The molecule has 0 saturated heterocycles. The summed E-state index contributed by atoms with van der Waals surface area (Å²) in [6.45, 7) is 0. The van der Waals surface area contributed by atoms with Gasteiger partial charge in [-0.25, -0.2) is 4.98 Å². The summed E-state index contributed by atoms with van der Waals surface area (Å²) in [7, 11) is 1.64. The van der Waals surface area contributed by atoms with Crippen molar-refractivity contribution in [2.75, 3.05) is 7.11 Å². The third kappa shape index (κ3) is 2.77. The van der Waals surface area contributed by atoms with Crippen LogP contribution in [0, 0.1) is 0 Å². The maximum Gasteiger partial charge on any atom is 0.168 e. The molecule has 2 aromatic heterocycles. The number of rotatable bonds is 4. The van der Waals surface area contributed by atoms with Crippen molar-refractivity contribution < 1.29 is 9.53 Å². The fourth-order valence-electron chi connectivity index (χ4n) is 3.86. The highest BCUT2D eigenvalue weighted by Crippen LogP contribution is 2.37. The fraction of sp³-hybridized carbons (Fsp3) is 0.0400. The highest BCUT2D eigenvalue weighted by atomic mass is 16.5. The third-order valence-electron chi connectivity index (χ3n) is 5.17. The normalized spacial score (nSPS) is 11.1. The van der Waals surface area contributed by atoms with Crippen LogP contribution in [0.25, 0.3) is 38.8 Å². The van der Waals surface area contributed by atoms with Crippen molar-refractivity contribution in [3.8, 4) is 22.7 Å². The van der Waals surface area contributed by atoms with E-state index >= 15 is 0 Å². The van der Waals surface area contributed by atoms with Crippen LogP contribution < -0.4 is 4.74 Å². The number of carbonyl (C=O) groups excluding carboxylic acids is 1. The number of carbonyl (C=O) groups is 1. The Morgan fingerprint density at radius 3 is 2.31 bits per heavy atom. The van der Waals surface area contributed by atoms with Crippen molar-refractivity contribution in [3.05, 3.63) is 90.6 Å². The van der Waals surface area contributed by atoms with E-state index in [1.165, 1.54) is 0 Å². The fourth-order valence-corrected chi connectivity index (χ4v) is 3.86. The lowest BCUT2D eigenvalue weighted by Gasteiger charge is -2.12. The van der Waals surface area contributed by atoms with Crippen LogP contribution in [-0.2, 0) is 0 Å². The number of ether oxygens (including phenoxy) is 1. The van der Waals surface area contributed by atoms with Gasteiger partial charge in [0.05, 0.1) is 23.8 Å². The van der Waals surface area contributed by atoms with Crippen LogP contribution >= 0.6 is 0 Å². The monoisotopic (exact) mass is 378 g/mol. The van der Waals surface area contributed by atoms with Gasteiger partial charge in [-0.3, -0.25) is 4.79 Å². The molecular weight excluding hydrogens is 360 g/mol. The molecule has 140 valence electrons. The molecule has 3 aromatic carbocycles. The molecule has 4 heteroatoms. The Labute approximate surface area is 168 Å². The van der Waals surface area contributed by atoms with Gasteiger partial charge in [-0.05, 0) is 48.5 Å². The SMILES string of the molecule is COc1ccc(-c2nc(C=O)cc3c4ccccc4n(-c4ccccc4)c23)cc1. The molecule has 29 heavy (non-hydrogen) atoms. The van der Waals surface area contributed by atoms with Gasteiger partial charge in [0.2, 0.25) is 0 Å². The molecule has 0 unspecified atom stereocenters. The number of hydrogen-bond donors (Lipinski definition) is 0. The van der Waals surface area contributed by atoms with E-state index in [9.17, 15) is 4.79 Å². The molecule has 0 saturated carbocycles. The van der Waals surface area contributed by atoms with Gasteiger partial charge in [0.25, 0.3) is 0 Å². The van der Waals surface area contributed by atoms with Gasteiger partial charge < -0.3 is 9.30 Å². The molecule has 5 rings (SSSR count). The molecule has 0 radical (unpaired) electrons. The number of aldehydes is 1. The van der Waals surface area contributed by atoms with Crippen molar-refractivity contribution in [3.63, 3.8) is 0 Å². The zero-order valence-electron chi connectivity index (χ0n) is 15.9. The Hall–Kier alpha value is -3.92. The second-order valence-electron chi connectivity index (χ2n) is 6.83. The average molecular weight is 378 g/mol. The van der Waals surface area contributed by atoms with Crippen LogP contribution in [0.15, 0.2) is 84.9 Å². The first-order chi connectivity index (χ1) is 14.3. The van der Waals surface area contributed by atoms with Crippen LogP contribution in [0.5, 0.6) is 5.75 Å². The largest absolute Gasteiger partial charge is 0.497 e. The van der Waals surface area contributed by atoms with E-state index in [-0.39, 0.29) is 0 Å². The summed E-state index contributed by atoms with van der Waals surface area (Å²) in [6, 6.07) is 28.1. The Morgan fingerprint density at radius 2 is 1.59 bits per heavy atom. The summed E-state index contributed by atoms with van der Waals surface area (Å²) < 4.78 is 7.51. The van der Waals surface area contributed by atoms with Crippen LogP contribution in [0.1, 0.15) is 10.5 Å². The number of nitrogens with zero attached hydrogens (tertiary/aromatic N) is 2. The molecule has 0 spiro atoms. The zero-order chi connectivity index (χ0) is 19.8. The number of para-hydroxylation sites is 2. The number of hydrogen-bond acceptors (Lipinski definition) is 3. The van der Waals surface area contributed by atoms with E-state index in [2.05, 4.69) is 28.8 Å². The smallest absolute Gasteiger partial charge is 0.168 e. The van der Waals surface area contributed by atoms with Crippen molar-refractivity contribution in [2.24, 2.45) is 0 Å². The maximum atomic E-state index is 11.7. The Morgan fingerprint density at radius 1 is 0.862 bits per heavy atom. The molecule has 0 N–H and O–H groups in total. The zero-order valence-corrected chi connectivity index (χ0v) is 15.9. The Balaban J connectivity index is 1.95. The number of fused-ring (bicyclic) bond motifs is 3. The molecule has 0 atom stereocenters. The highest BCUT2D eigenvalue weighted by Gasteiger charge is 2.18. The summed E-state index contributed by atoms with van der Waals surface area (Å²) in [5, 5.41) is 2.10. The standard InChI is InChI=1S/C25H18N2O2/c1-29-20-13-11-17(12-14-20)24-25-22(15-18(16-28)26-24)21-9-5-6-10-23(21)27(25)19-7-3-2-4-8-19/h2-16H,1H3. The highest BCUT2D eigenvalue weighted by molar-refractivity contribution is 6.14. The van der Waals surface area contributed by atoms with Gasteiger partial charge in [0, 0.05) is 22.0 Å². The molecule has 5 aromatic rings. The lowest BCUT2D eigenvalue weighted by molar-refractivity contribution is 0.111. The van der Waals surface area contributed by atoms with Gasteiger partial charge in [-0.1, -0.05) is 36.4 Å². The van der Waals surface area contributed by atoms with Gasteiger partial charge in [-0.15, -0.1) is 0 Å². The number of aromatic nitrogens is 2. The second kappa shape index (κ2) is 6.91. The average Bonchev–Trinajstić information content (AvgIpc) is 3.13. The summed E-state index contributed by atoms with van der Waals surface area (Å²) >= 11 is 0. The molecule has 4 nitrogen and oxygen atoms in total. The van der Waals surface area contributed by atoms with E-state index in [1.54, 1.807) is 7.11 Å². The van der Waals surface area contributed by atoms with Gasteiger partial charge >= 0.3 is 0 Å². The minimum atomic E-state index is 0.416. The molecule has 0 aliphatic heterocycles. The van der Waals surface area contributed by atoms with E-state index in [0.29, 0.717) is 5.69 Å². The third-order valence-corrected chi connectivity index (χ3v) is 5.17. The molecule has 2 heterocycles. The molecule has 0 aliphatic rings. The summed E-state index contributed by atoms with van der Waals surface area (Å²) in [4.78, 5) is 16.4. The van der Waals surface area contributed by atoms with E-state index in [1.807, 2.05) is 60.7 Å². The minimum Gasteiger partial charge on any atom is -0.497 e. The molecular formula is C25H18N2O2. The molecule has 0 bridgehead atoms. The van der Waals surface area contributed by atoms with Crippen LogP contribution in [-0.4, -0.2) is 22.9 Å². The first-order valence-electron chi connectivity index (χ1n) is 9.39. The number of benzene rings is 3. The molecule has 0 fully saturated rings. The first kappa shape index (κ1) is 17.2. The van der Waals surface area contributed by atoms with Crippen LogP contribution in [0.3, 0.4) is 0 Å². The number of pyridine rings is 1. The van der Waals surface area contributed by atoms with Gasteiger partial charge in [0.15, 0.2) is 6.29 Å². The topological polar surface area (TPSA) is 44.1 Å². The second-order valence-corrected chi connectivity index (χ2v) is 6.83. The van der Waals surface area contributed by atoms with Crippen molar-refractivity contribution in [2.45, 2.75) is 0 Å². The summed E-state index contributed by atoms with van der Waals surface area (Å²) in [6.07, 6.45) is 0.807. The number of methoxy groups -OCH3 is 1. The van der Waals surface area contributed by atoms with E-state index < -0.39 is 0 Å². The lowest BCUT2D eigenvalue weighted by Crippen LogP contribution is -1.98. The van der Waals surface area contributed by atoms with Crippen LogP contribution in [0.4, 0.5) is 0 Å². The quantitative estimate of drug-likeness (QED) is 0.379. The van der Waals surface area contributed by atoms with Crippen molar-refractivity contribution in [1.82, 2.24) is 9.55 Å². The minimum absolute atomic E-state index is 0.416. The summed E-state index contributed by atoms with van der Waals surface area (Å²) in [5.41, 5.74) is 5.22. The predicted octanol–water partition coefficient (Wildman–Crippen LogP) is 5.67. The van der Waals surface area contributed by atoms with E-state index in [0.717, 1.165) is 50.8 Å². The van der Waals surface area contributed by atoms with E-state index in [4.69, 9.17) is 9.72 Å². The van der Waals surface area contributed by atoms with Crippen LogP contribution in [0.2, 0.25) is 0 Å². The van der Waals surface area contributed by atoms with Crippen molar-refractivity contribution in [1.29, 1.82) is 0 Å². The van der Waals surface area contributed by atoms with Gasteiger partial charge in [0.1, 0.15) is 11.4 Å². The Kier molecular flexibility index (Phi) is 4.10. The van der Waals surface area contributed by atoms with Gasteiger partial charge in [-0.2, -0.15) is 0 Å². The Bertz CT molecular complexity index is 1340. The predicted molar refractivity (Wildman–Crippen MR) is 116 cm³/mol. The molecule has 0 aliphatic carbocycles. The van der Waals surface area contributed by atoms with Crippen molar-refractivity contribution >= 4 is 28.1 Å².